The number of carbonyl (C=O) groups is 2. The summed E-state index contributed by atoms with van der Waals surface area (Å²) in [6.07, 6.45) is 2.58. The van der Waals surface area contributed by atoms with Gasteiger partial charge in [0.05, 0.1) is 11.4 Å². The van der Waals surface area contributed by atoms with E-state index in [9.17, 15) is 9.59 Å². The number of carbonyl (C=O) groups excluding carboxylic acids is 2. The number of nitrogens with zero attached hydrogens (tertiary/aromatic N) is 2. The van der Waals surface area contributed by atoms with Gasteiger partial charge in [0.1, 0.15) is 6.26 Å². The van der Waals surface area contributed by atoms with Gasteiger partial charge in [0.15, 0.2) is 0 Å². The number of aryl methyl sites for hydroxylation is 1. The molecule has 2 amide bonds. The van der Waals surface area contributed by atoms with Gasteiger partial charge in [-0.25, -0.2) is 4.98 Å². The highest BCUT2D eigenvalue weighted by atomic mass is 32.2. The second-order valence-corrected chi connectivity index (χ2v) is 8.61. The number of aromatic nitrogens is 1. The van der Waals surface area contributed by atoms with Gasteiger partial charge < -0.3 is 14.6 Å². The fourth-order valence-corrected chi connectivity index (χ4v) is 4.45. The Bertz CT molecular complexity index is 1060. The molecule has 0 atom stereocenters. The molecule has 31 heavy (non-hydrogen) atoms. The molecule has 4 rings (SSSR count). The Kier molecular flexibility index (Phi) is 6.72. The van der Waals surface area contributed by atoms with Crippen molar-refractivity contribution in [3.63, 3.8) is 0 Å². The minimum Gasteiger partial charge on any atom is -0.444 e. The van der Waals surface area contributed by atoms with E-state index in [4.69, 9.17) is 4.42 Å². The van der Waals surface area contributed by atoms with Crippen LogP contribution in [0.15, 0.2) is 64.1 Å². The van der Waals surface area contributed by atoms with Crippen molar-refractivity contribution in [3.8, 4) is 11.5 Å². The van der Waals surface area contributed by atoms with Gasteiger partial charge in [-0.3, -0.25) is 9.59 Å². The van der Waals surface area contributed by atoms with Crippen LogP contribution in [0.1, 0.15) is 24.1 Å². The monoisotopic (exact) mass is 435 g/mol. The molecule has 1 aromatic heterocycles. The van der Waals surface area contributed by atoms with E-state index in [-0.39, 0.29) is 24.7 Å². The molecule has 7 heteroatoms. The van der Waals surface area contributed by atoms with Crippen LogP contribution in [-0.2, 0) is 16.0 Å². The topological polar surface area (TPSA) is 75.4 Å². The number of hydrogen-bond acceptors (Lipinski definition) is 5. The van der Waals surface area contributed by atoms with Crippen LogP contribution in [0.4, 0.5) is 5.69 Å². The van der Waals surface area contributed by atoms with Gasteiger partial charge in [-0.15, -0.1) is 11.8 Å². The maximum atomic E-state index is 12.6. The summed E-state index contributed by atoms with van der Waals surface area (Å²) in [6, 6.07) is 15.9. The largest absolute Gasteiger partial charge is 0.444 e. The molecule has 0 unspecified atom stereocenters. The normalized spacial score (nSPS) is 13.0. The molecule has 1 N–H and O–H groups in total. The van der Waals surface area contributed by atoms with Crippen molar-refractivity contribution in [2.75, 3.05) is 23.7 Å². The number of anilines is 1. The van der Waals surface area contributed by atoms with Crippen LogP contribution in [0, 0.1) is 6.92 Å². The first kappa shape index (κ1) is 21.2. The van der Waals surface area contributed by atoms with Crippen LogP contribution in [0.5, 0.6) is 0 Å². The molecular formula is C24H25N3O3S. The summed E-state index contributed by atoms with van der Waals surface area (Å²) in [5.41, 5.74) is 3.84. The third kappa shape index (κ3) is 5.35. The third-order valence-corrected chi connectivity index (χ3v) is 6.19. The van der Waals surface area contributed by atoms with Crippen molar-refractivity contribution < 1.29 is 14.0 Å². The lowest BCUT2D eigenvalue weighted by Crippen LogP contribution is -2.36. The van der Waals surface area contributed by atoms with Gasteiger partial charge in [-0.1, -0.05) is 29.8 Å². The zero-order valence-corrected chi connectivity index (χ0v) is 18.3. The summed E-state index contributed by atoms with van der Waals surface area (Å²) in [5.74, 6) is 1.31. The Morgan fingerprint density at radius 3 is 2.77 bits per heavy atom. The highest BCUT2D eigenvalue weighted by molar-refractivity contribution is 7.99. The minimum absolute atomic E-state index is 0.0119. The van der Waals surface area contributed by atoms with Crippen molar-refractivity contribution in [1.29, 1.82) is 0 Å². The zero-order chi connectivity index (χ0) is 21.6. The Morgan fingerprint density at radius 1 is 1.13 bits per heavy atom. The number of amides is 2. The van der Waals surface area contributed by atoms with Crippen molar-refractivity contribution >= 4 is 29.3 Å². The fraction of sp³-hybridized carbons (Fsp3) is 0.292. The summed E-state index contributed by atoms with van der Waals surface area (Å²) in [4.78, 5) is 32.2. The molecule has 0 fully saturated rings. The van der Waals surface area contributed by atoms with Crippen LogP contribution in [0.2, 0.25) is 0 Å². The predicted molar refractivity (Wildman–Crippen MR) is 122 cm³/mol. The molecule has 2 aromatic carbocycles. The van der Waals surface area contributed by atoms with Crippen molar-refractivity contribution in [2.45, 2.75) is 31.1 Å². The summed E-state index contributed by atoms with van der Waals surface area (Å²) >= 11 is 1.76. The molecule has 0 bridgehead atoms. The second-order valence-electron chi connectivity index (χ2n) is 7.47. The minimum atomic E-state index is -0.129. The van der Waals surface area contributed by atoms with Gasteiger partial charge in [0.2, 0.25) is 17.7 Å². The number of thioether (sulfide) groups is 1. The first-order chi connectivity index (χ1) is 15.1. The second kappa shape index (κ2) is 9.83. The van der Waals surface area contributed by atoms with Crippen molar-refractivity contribution in [3.05, 3.63) is 66.1 Å². The molecule has 0 saturated carbocycles. The average molecular weight is 436 g/mol. The van der Waals surface area contributed by atoms with E-state index < -0.39 is 0 Å². The number of hydrogen-bond donors (Lipinski definition) is 1. The lowest BCUT2D eigenvalue weighted by molar-refractivity contribution is -0.125. The quantitative estimate of drug-likeness (QED) is 0.601. The van der Waals surface area contributed by atoms with Gasteiger partial charge >= 0.3 is 0 Å². The van der Waals surface area contributed by atoms with E-state index >= 15 is 0 Å². The van der Waals surface area contributed by atoms with Gasteiger partial charge in [-0.05, 0) is 31.2 Å². The number of fused-ring (bicyclic) bond motifs is 1. The van der Waals surface area contributed by atoms with Crippen LogP contribution < -0.4 is 10.2 Å². The molecule has 1 aliphatic heterocycles. The Balaban J connectivity index is 1.22. The van der Waals surface area contributed by atoms with E-state index in [2.05, 4.69) is 10.3 Å². The predicted octanol–water partition coefficient (Wildman–Crippen LogP) is 4.23. The number of nitrogens with one attached hydrogen (secondary N) is 1. The van der Waals surface area contributed by atoms with E-state index in [1.807, 2.05) is 55.5 Å². The first-order valence-corrected chi connectivity index (χ1v) is 11.4. The number of benzene rings is 2. The molecule has 0 radical (unpaired) electrons. The van der Waals surface area contributed by atoms with E-state index in [1.165, 1.54) is 5.56 Å². The van der Waals surface area contributed by atoms with Crippen LogP contribution >= 0.6 is 11.8 Å². The Morgan fingerprint density at radius 2 is 1.94 bits per heavy atom. The van der Waals surface area contributed by atoms with E-state index in [0.717, 1.165) is 27.6 Å². The third-order valence-electron chi connectivity index (χ3n) is 5.15. The summed E-state index contributed by atoms with van der Waals surface area (Å²) in [7, 11) is 0. The first-order valence-electron chi connectivity index (χ1n) is 10.4. The maximum absolute atomic E-state index is 12.6. The molecule has 2 heterocycles. The van der Waals surface area contributed by atoms with Crippen LogP contribution in [0.25, 0.3) is 11.5 Å². The van der Waals surface area contributed by atoms with Gasteiger partial charge in [0.25, 0.3) is 0 Å². The number of rotatable bonds is 7. The highest BCUT2D eigenvalue weighted by Crippen LogP contribution is 2.34. The van der Waals surface area contributed by atoms with Gasteiger partial charge in [-0.2, -0.15) is 0 Å². The number of para-hydroxylation sites is 1. The molecule has 160 valence electrons. The SMILES string of the molecule is Cc1ccc(-c2nc(CCNC(=O)CCC(=O)N3CCSc4ccccc43)co2)cc1. The lowest BCUT2D eigenvalue weighted by atomic mass is 10.1. The molecule has 1 aliphatic rings. The lowest BCUT2D eigenvalue weighted by Gasteiger charge is -2.29. The molecule has 0 aliphatic carbocycles. The van der Waals surface area contributed by atoms with Crippen molar-refractivity contribution in [1.82, 2.24) is 10.3 Å². The molecular weight excluding hydrogens is 410 g/mol. The summed E-state index contributed by atoms with van der Waals surface area (Å²) < 4.78 is 5.55. The van der Waals surface area contributed by atoms with E-state index in [1.54, 1.807) is 22.9 Å². The Labute approximate surface area is 186 Å². The van der Waals surface area contributed by atoms with Crippen LogP contribution in [0.3, 0.4) is 0 Å². The molecule has 0 saturated heterocycles. The number of oxazole rings is 1. The standard InChI is InChI=1S/C24H25N3O3S/c1-17-6-8-18(9-7-17)24-26-19(16-30-24)12-13-25-22(28)10-11-23(29)27-14-15-31-21-5-3-2-4-20(21)27/h2-9,16H,10-15H2,1H3,(H,25,28). The smallest absolute Gasteiger partial charge is 0.227 e. The van der Waals surface area contributed by atoms with Gasteiger partial charge in [0, 0.05) is 48.6 Å². The van der Waals surface area contributed by atoms with E-state index in [0.29, 0.717) is 25.4 Å². The molecule has 0 spiro atoms. The van der Waals surface area contributed by atoms with Crippen LogP contribution in [-0.4, -0.2) is 35.6 Å². The van der Waals surface area contributed by atoms with Crippen molar-refractivity contribution in [2.24, 2.45) is 0 Å². The summed E-state index contributed by atoms with van der Waals surface area (Å²) in [5, 5.41) is 2.87. The average Bonchev–Trinajstić information content (AvgIpc) is 3.26. The molecule has 6 nitrogen and oxygen atoms in total. The Hall–Kier alpha value is -3.06. The fourth-order valence-electron chi connectivity index (χ4n) is 3.45. The maximum Gasteiger partial charge on any atom is 0.227 e. The summed E-state index contributed by atoms with van der Waals surface area (Å²) in [6.45, 7) is 3.17. The highest BCUT2D eigenvalue weighted by Gasteiger charge is 2.22. The zero-order valence-electron chi connectivity index (χ0n) is 17.5. The molecule has 3 aromatic rings.